The summed E-state index contributed by atoms with van der Waals surface area (Å²) >= 11 is 0. The molecule has 1 aromatic rings. The van der Waals surface area contributed by atoms with Crippen molar-refractivity contribution >= 4 is 0 Å². The zero-order valence-electron chi connectivity index (χ0n) is 12.5. The number of aliphatic hydroxyl groups excluding tert-OH is 1. The summed E-state index contributed by atoms with van der Waals surface area (Å²) in [4.78, 5) is 2.29. The Kier molecular flexibility index (Phi) is 4.16. The van der Waals surface area contributed by atoms with Gasteiger partial charge in [0.1, 0.15) is 5.75 Å². The van der Waals surface area contributed by atoms with Crippen LogP contribution in [0.25, 0.3) is 0 Å². The van der Waals surface area contributed by atoms with Gasteiger partial charge in [0.15, 0.2) is 0 Å². The predicted molar refractivity (Wildman–Crippen MR) is 77.6 cm³/mol. The summed E-state index contributed by atoms with van der Waals surface area (Å²) in [6.45, 7) is 6.37. The molecule has 0 amide bonds. The molecule has 106 valence electrons. The molecule has 0 heterocycles. The first-order valence-electron chi connectivity index (χ1n) is 6.93. The molecule has 1 aromatic carbocycles. The van der Waals surface area contributed by atoms with Gasteiger partial charge in [-0.05, 0) is 50.9 Å². The van der Waals surface area contributed by atoms with Gasteiger partial charge >= 0.3 is 0 Å². The maximum atomic E-state index is 9.40. The molecule has 2 rings (SSSR count). The monoisotopic (exact) mass is 263 g/mol. The highest BCUT2D eigenvalue weighted by Gasteiger charge is 2.42. The lowest BCUT2D eigenvalue weighted by Gasteiger charge is -2.23. The van der Waals surface area contributed by atoms with Crippen LogP contribution in [0.15, 0.2) is 12.1 Å². The summed E-state index contributed by atoms with van der Waals surface area (Å²) in [5.41, 5.74) is 3.95. The Balaban J connectivity index is 2.07. The second-order valence-electron chi connectivity index (χ2n) is 6.08. The largest absolute Gasteiger partial charge is 0.496 e. The van der Waals surface area contributed by atoms with E-state index in [1.54, 1.807) is 7.11 Å². The van der Waals surface area contributed by atoms with Crippen molar-refractivity contribution < 1.29 is 9.84 Å². The minimum atomic E-state index is 0.168. The average Bonchev–Trinajstić information content (AvgIpc) is 3.13. The fraction of sp³-hybridized carbons (Fsp3) is 0.625. The maximum Gasteiger partial charge on any atom is 0.123 e. The Hall–Kier alpha value is -1.06. The molecule has 1 aliphatic rings. The van der Waals surface area contributed by atoms with Crippen molar-refractivity contribution in [2.24, 2.45) is 5.41 Å². The van der Waals surface area contributed by atoms with E-state index in [0.717, 1.165) is 31.7 Å². The standard InChI is InChI=1S/C16H25NO2/c1-12-7-14(15(19-4)8-13(12)2)9-17(3)10-16(11-18)5-6-16/h7-8,18H,5-6,9-11H2,1-4H3. The van der Waals surface area contributed by atoms with Crippen molar-refractivity contribution in [3.8, 4) is 5.75 Å². The van der Waals surface area contributed by atoms with E-state index in [2.05, 4.69) is 37.9 Å². The lowest BCUT2D eigenvalue weighted by Crippen LogP contribution is -2.28. The lowest BCUT2D eigenvalue weighted by molar-refractivity contribution is 0.160. The van der Waals surface area contributed by atoms with E-state index in [1.807, 2.05) is 0 Å². The van der Waals surface area contributed by atoms with Crippen LogP contribution in [0, 0.1) is 19.3 Å². The van der Waals surface area contributed by atoms with E-state index in [9.17, 15) is 5.11 Å². The van der Waals surface area contributed by atoms with Crippen LogP contribution in [0.3, 0.4) is 0 Å². The third-order valence-corrected chi connectivity index (χ3v) is 4.23. The predicted octanol–water partition coefficient (Wildman–Crippen LogP) is 2.52. The molecule has 0 spiro atoms. The van der Waals surface area contributed by atoms with Gasteiger partial charge in [0.25, 0.3) is 0 Å². The number of aryl methyl sites for hydroxylation is 2. The molecule has 1 fully saturated rings. The summed E-state index contributed by atoms with van der Waals surface area (Å²) in [7, 11) is 3.84. The highest BCUT2D eigenvalue weighted by Crippen LogP contribution is 2.45. The maximum absolute atomic E-state index is 9.40. The van der Waals surface area contributed by atoms with Crippen LogP contribution < -0.4 is 4.74 Å². The van der Waals surface area contributed by atoms with Gasteiger partial charge < -0.3 is 14.7 Å². The van der Waals surface area contributed by atoms with Gasteiger partial charge in [-0.25, -0.2) is 0 Å². The van der Waals surface area contributed by atoms with Gasteiger partial charge in [-0.3, -0.25) is 0 Å². The Morgan fingerprint density at radius 3 is 2.42 bits per heavy atom. The molecule has 0 unspecified atom stereocenters. The molecule has 0 aliphatic heterocycles. The number of aliphatic hydroxyl groups is 1. The molecule has 1 saturated carbocycles. The summed E-state index contributed by atoms with van der Waals surface area (Å²) in [6, 6.07) is 4.32. The zero-order valence-corrected chi connectivity index (χ0v) is 12.5. The number of hydrogen-bond donors (Lipinski definition) is 1. The Morgan fingerprint density at radius 2 is 1.89 bits per heavy atom. The van der Waals surface area contributed by atoms with E-state index in [4.69, 9.17) is 4.74 Å². The summed E-state index contributed by atoms with van der Waals surface area (Å²) in [5, 5.41) is 9.40. The first-order valence-corrected chi connectivity index (χ1v) is 6.93. The normalized spacial score (nSPS) is 16.7. The molecular formula is C16H25NO2. The highest BCUT2D eigenvalue weighted by molar-refractivity contribution is 5.41. The SMILES string of the molecule is COc1cc(C)c(C)cc1CN(C)CC1(CO)CC1. The number of ether oxygens (including phenoxy) is 1. The van der Waals surface area contributed by atoms with E-state index in [1.165, 1.54) is 16.7 Å². The van der Waals surface area contributed by atoms with Crippen LogP contribution in [0.4, 0.5) is 0 Å². The minimum absolute atomic E-state index is 0.168. The first kappa shape index (κ1) is 14.4. The van der Waals surface area contributed by atoms with Gasteiger partial charge in [-0.2, -0.15) is 0 Å². The molecular weight excluding hydrogens is 238 g/mol. The van der Waals surface area contributed by atoms with Gasteiger partial charge in [0.05, 0.1) is 7.11 Å². The molecule has 0 aromatic heterocycles. The molecule has 0 radical (unpaired) electrons. The fourth-order valence-corrected chi connectivity index (χ4v) is 2.63. The van der Waals surface area contributed by atoms with E-state index < -0.39 is 0 Å². The third-order valence-electron chi connectivity index (χ3n) is 4.23. The Morgan fingerprint density at radius 1 is 1.26 bits per heavy atom. The number of nitrogens with zero attached hydrogens (tertiary/aromatic N) is 1. The molecule has 1 aliphatic carbocycles. The number of methoxy groups -OCH3 is 1. The number of benzene rings is 1. The second kappa shape index (κ2) is 5.51. The Labute approximate surface area is 116 Å². The highest BCUT2D eigenvalue weighted by atomic mass is 16.5. The van der Waals surface area contributed by atoms with Crippen LogP contribution in [-0.2, 0) is 6.54 Å². The van der Waals surface area contributed by atoms with Crippen LogP contribution in [0.1, 0.15) is 29.5 Å². The van der Waals surface area contributed by atoms with E-state index >= 15 is 0 Å². The van der Waals surface area contributed by atoms with Crippen molar-refractivity contribution in [3.05, 3.63) is 28.8 Å². The van der Waals surface area contributed by atoms with Crippen LogP contribution in [-0.4, -0.2) is 37.3 Å². The van der Waals surface area contributed by atoms with Crippen molar-refractivity contribution in [1.29, 1.82) is 0 Å². The van der Waals surface area contributed by atoms with E-state index in [0.29, 0.717) is 6.61 Å². The second-order valence-corrected chi connectivity index (χ2v) is 6.08. The van der Waals surface area contributed by atoms with Crippen molar-refractivity contribution in [3.63, 3.8) is 0 Å². The van der Waals surface area contributed by atoms with Crippen molar-refractivity contribution in [2.75, 3.05) is 27.3 Å². The molecule has 0 bridgehead atoms. The molecule has 3 heteroatoms. The van der Waals surface area contributed by atoms with Gasteiger partial charge in [-0.1, -0.05) is 6.07 Å². The van der Waals surface area contributed by atoms with Crippen LogP contribution in [0.5, 0.6) is 5.75 Å². The first-order chi connectivity index (χ1) is 8.99. The van der Waals surface area contributed by atoms with Gasteiger partial charge in [0, 0.05) is 30.7 Å². The zero-order chi connectivity index (χ0) is 14.0. The van der Waals surface area contributed by atoms with Gasteiger partial charge in [-0.15, -0.1) is 0 Å². The van der Waals surface area contributed by atoms with Crippen molar-refractivity contribution in [2.45, 2.75) is 33.2 Å². The average molecular weight is 263 g/mol. The summed E-state index contributed by atoms with van der Waals surface area (Å²) in [6.07, 6.45) is 2.30. The molecule has 0 atom stereocenters. The van der Waals surface area contributed by atoms with Gasteiger partial charge in [0.2, 0.25) is 0 Å². The molecule has 19 heavy (non-hydrogen) atoms. The van der Waals surface area contributed by atoms with E-state index in [-0.39, 0.29) is 5.41 Å². The smallest absolute Gasteiger partial charge is 0.123 e. The number of hydrogen-bond acceptors (Lipinski definition) is 3. The van der Waals surface area contributed by atoms with Crippen LogP contribution >= 0.6 is 0 Å². The molecule has 3 nitrogen and oxygen atoms in total. The summed E-state index contributed by atoms with van der Waals surface area (Å²) < 4.78 is 5.48. The van der Waals surface area contributed by atoms with Crippen LogP contribution in [0.2, 0.25) is 0 Å². The van der Waals surface area contributed by atoms with Crippen molar-refractivity contribution in [1.82, 2.24) is 4.90 Å². The minimum Gasteiger partial charge on any atom is -0.496 e. The quantitative estimate of drug-likeness (QED) is 0.856. The number of rotatable bonds is 6. The third kappa shape index (κ3) is 3.28. The Bertz CT molecular complexity index is 452. The lowest BCUT2D eigenvalue weighted by atomic mass is 10.0. The molecule has 0 saturated heterocycles. The fourth-order valence-electron chi connectivity index (χ4n) is 2.63. The summed E-state index contributed by atoms with van der Waals surface area (Å²) in [5.74, 6) is 0.962. The topological polar surface area (TPSA) is 32.7 Å². The molecule has 1 N–H and O–H groups in total.